The van der Waals surface area contributed by atoms with E-state index in [2.05, 4.69) is 93.5 Å². The topological polar surface area (TPSA) is 49.7 Å². The summed E-state index contributed by atoms with van der Waals surface area (Å²) in [5.41, 5.74) is 9.74. The van der Waals surface area contributed by atoms with Crippen molar-refractivity contribution in [1.29, 1.82) is 0 Å². The van der Waals surface area contributed by atoms with Crippen LogP contribution in [0.15, 0.2) is 24.3 Å². The Kier molecular flexibility index (Phi) is 12.5. The Balaban J connectivity index is 2.52. The minimum Gasteiger partial charge on any atom is -0.328 e. The van der Waals surface area contributed by atoms with E-state index >= 15 is 0 Å². The fourth-order valence-corrected chi connectivity index (χ4v) is 8.06. The van der Waals surface area contributed by atoms with Crippen LogP contribution in [0.25, 0.3) is 0 Å². The highest BCUT2D eigenvalue weighted by atomic mass is 31.2. The number of rotatable bonds is 15. The third kappa shape index (κ3) is 8.23. The lowest BCUT2D eigenvalue weighted by atomic mass is 9.62. The fraction of sp³-hybridized carbons (Fsp3) is 0.676. The van der Waals surface area contributed by atoms with Gasteiger partial charge in [0, 0.05) is 0 Å². The lowest BCUT2D eigenvalue weighted by molar-refractivity contribution is 0.0189. The summed E-state index contributed by atoms with van der Waals surface area (Å²) in [7, 11) is -2.58. The first kappa shape index (κ1) is 34.2. The molecule has 41 heavy (non-hydrogen) atoms. The predicted molar refractivity (Wildman–Crippen MR) is 176 cm³/mol. The third-order valence-electron chi connectivity index (χ3n) is 8.59. The molecular formula is C37H59O3P. The highest BCUT2D eigenvalue weighted by Gasteiger charge is 2.51. The summed E-state index contributed by atoms with van der Waals surface area (Å²) in [5.74, 6) is 2.26. The maximum absolute atomic E-state index is 10.8. The zero-order valence-corrected chi connectivity index (χ0v) is 28.7. The molecule has 0 amide bonds. The van der Waals surface area contributed by atoms with E-state index in [0.717, 1.165) is 57.8 Å². The van der Waals surface area contributed by atoms with Crippen LogP contribution >= 0.6 is 8.60 Å². The molecule has 0 bridgehead atoms. The van der Waals surface area contributed by atoms with Crippen molar-refractivity contribution in [2.24, 2.45) is 29.6 Å². The Morgan fingerprint density at radius 1 is 0.707 bits per heavy atom. The predicted octanol–water partition coefficient (Wildman–Crippen LogP) is 10.1. The van der Waals surface area contributed by atoms with E-state index in [0.29, 0.717) is 23.7 Å². The number of hydrogen-bond acceptors (Lipinski definition) is 3. The molecule has 0 fully saturated rings. The van der Waals surface area contributed by atoms with Gasteiger partial charge in [0.1, 0.15) is 5.60 Å². The Labute approximate surface area is 253 Å². The smallest absolute Gasteiger partial charge is 0.328 e. The fourth-order valence-electron chi connectivity index (χ4n) is 7.47. The largest absolute Gasteiger partial charge is 0.328 e. The van der Waals surface area contributed by atoms with E-state index in [4.69, 9.17) is 4.52 Å². The minimum atomic E-state index is -2.58. The van der Waals surface area contributed by atoms with Crippen LogP contribution in [-0.2, 0) is 42.2 Å². The first-order chi connectivity index (χ1) is 19.3. The van der Waals surface area contributed by atoms with Gasteiger partial charge in [-0.1, -0.05) is 106 Å². The van der Waals surface area contributed by atoms with E-state index < -0.39 is 14.2 Å². The van der Waals surface area contributed by atoms with Crippen LogP contribution in [0.4, 0.5) is 0 Å². The Bertz CT molecular complexity index is 1060. The van der Waals surface area contributed by atoms with E-state index in [-0.39, 0.29) is 5.92 Å². The highest BCUT2D eigenvalue weighted by molar-refractivity contribution is 7.39. The minimum absolute atomic E-state index is 0.147. The van der Waals surface area contributed by atoms with Gasteiger partial charge in [-0.3, -0.25) is 4.52 Å². The molecule has 3 nitrogen and oxygen atoms in total. The van der Waals surface area contributed by atoms with Gasteiger partial charge >= 0.3 is 8.60 Å². The summed E-state index contributed by atoms with van der Waals surface area (Å²) >= 11 is 0. The average molecular weight is 583 g/mol. The average Bonchev–Trinajstić information content (AvgIpc) is 2.81. The SMILES string of the molecule is CCCCC(CC)C1(OP(O)O)c2c(cc(CC(C)C)cc2CC(C)C)Cc2cc(CC(C)C)cc(CC(C)C)c21. The molecule has 3 rings (SSSR count). The first-order valence-corrected chi connectivity index (χ1v) is 17.7. The van der Waals surface area contributed by atoms with Crippen LogP contribution in [0, 0.1) is 29.6 Å². The molecule has 4 heteroatoms. The maximum Gasteiger partial charge on any atom is 0.328 e. The highest BCUT2D eigenvalue weighted by Crippen LogP contribution is 2.57. The van der Waals surface area contributed by atoms with Crippen molar-refractivity contribution >= 4 is 8.60 Å². The van der Waals surface area contributed by atoms with Crippen LogP contribution < -0.4 is 0 Å². The Morgan fingerprint density at radius 2 is 1.15 bits per heavy atom. The molecular weight excluding hydrogens is 523 g/mol. The van der Waals surface area contributed by atoms with Gasteiger partial charge in [0.2, 0.25) is 0 Å². The van der Waals surface area contributed by atoms with Crippen molar-refractivity contribution in [3.63, 3.8) is 0 Å². The monoisotopic (exact) mass is 582 g/mol. The molecule has 1 atom stereocenters. The molecule has 0 heterocycles. The second kappa shape index (κ2) is 15.0. The standard InChI is InChI=1S/C37H59O3P/c1-11-13-14-34(12-2)37(40-41(38)39)35-30(17-26(7)8)19-28(15-24(3)4)21-32(35)23-33-22-29(16-25(5)6)20-31(36(33)37)18-27(9)10/h19-22,24-27,34,38-39H,11-18,23H2,1-10H3. The van der Waals surface area contributed by atoms with E-state index in [1.165, 1.54) is 44.5 Å². The summed E-state index contributed by atoms with van der Waals surface area (Å²) in [5, 5.41) is 0. The molecule has 1 aliphatic rings. The van der Waals surface area contributed by atoms with Crippen LogP contribution in [0.5, 0.6) is 0 Å². The second-order valence-corrected chi connectivity index (χ2v) is 15.2. The van der Waals surface area contributed by atoms with Gasteiger partial charge in [-0.15, -0.1) is 0 Å². The van der Waals surface area contributed by atoms with Gasteiger partial charge < -0.3 is 9.79 Å². The number of hydrogen-bond donors (Lipinski definition) is 2. The quantitative estimate of drug-likeness (QED) is 0.205. The van der Waals surface area contributed by atoms with Gasteiger partial charge in [-0.05, 0) is 119 Å². The molecule has 0 radical (unpaired) electrons. The van der Waals surface area contributed by atoms with Gasteiger partial charge in [0.05, 0.1) is 0 Å². The van der Waals surface area contributed by atoms with Crippen molar-refractivity contribution in [2.75, 3.05) is 0 Å². The number of fused-ring (bicyclic) bond motifs is 2. The molecule has 0 saturated carbocycles. The van der Waals surface area contributed by atoms with Crippen molar-refractivity contribution in [3.05, 3.63) is 68.8 Å². The Hall–Kier alpha value is -1.25. The molecule has 1 aliphatic carbocycles. The summed E-state index contributed by atoms with van der Waals surface area (Å²) in [6.45, 7) is 22.9. The van der Waals surface area contributed by atoms with E-state index in [1.807, 2.05) is 0 Å². The maximum atomic E-state index is 10.8. The molecule has 0 aromatic heterocycles. The summed E-state index contributed by atoms with van der Waals surface area (Å²) in [4.78, 5) is 21.6. The van der Waals surface area contributed by atoms with Crippen molar-refractivity contribution in [2.45, 2.75) is 133 Å². The van der Waals surface area contributed by atoms with Crippen LogP contribution in [0.3, 0.4) is 0 Å². The van der Waals surface area contributed by atoms with Gasteiger partial charge in [0.25, 0.3) is 0 Å². The summed E-state index contributed by atoms with van der Waals surface area (Å²) in [6, 6.07) is 9.73. The molecule has 0 aliphatic heterocycles. The van der Waals surface area contributed by atoms with Gasteiger partial charge in [0.15, 0.2) is 0 Å². The lowest BCUT2D eigenvalue weighted by Gasteiger charge is -2.48. The molecule has 2 N–H and O–H groups in total. The number of unbranched alkanes of at least 4 members (excludes halogenated alkanes) is 1. The van der Waals surface area contributed by atoms with Crippen LogP contribution in [0.2, 0.25) is 0 Å². The molecule has 0 spiro atoms. The third-order valence-corrected chi connectivity index (χ3v) is 9.04. The van der Waals surface area contributed by atoms with Crippen LogP contribution in [0.1, 0.15) is 139 Å². The van der Waals surface area contributed by atoms with Crippen LogP contribution in [-0.4, -0.2) is 9.79 Å². The lowest BCUT2D eigenvalue weighted by Crippen LogP contribution is -2.44. The zero-order valence-electron chi connectivity index (χ0n) is 27.8. The molecule has 230 valence electrons. The van der Waals surface area contributed by atoms with Crippen molar-refractivity contribution < 1.29 is 14.3 Å². The van der Waals surface area contributed by atoms with Gasteiger partial charge in [-0.25, -0.2) is 0 Å². The summed E-state index contributed by atoms with van der Waals surface area (Å²) in [6.07, 6.45) is 9.01. The molecule has 1 unspecified atom stereocenters. The van der Waals surface area contributed by atoms with Crippen molar-refractivity contribution in [1.82, 2.24) is 0 Å². The Morgan fingerprint density at radius 3 is 1.49 bits per heavy atom. The van der Waals surface area contributed by atoms with Crippen molar-refractivity contribution in [3.8, 4) is 0 Å². The van der Waals surface area contributed by atoms with E-state index in [9.17, 15) is 9.79 Å². The zero-order chi connectivity index (χ0) is 30.5. The normalized spacial score (nSPS) is 15.3. The molecule has 2 aromatic rings. The molecule has 0 saturated heterocycles. The van der Waals surface area contributed by atoms with Gasteiger partial charge in [-0.2, -0.15) is 0 Å². The second-order valence-electron chi connectivity index (χ2n) is 14.5. The first-order valence-electron chi connectivity index (χ1n) is 16.5. The number of benzene rings is 2. The summed E-state index contributed by atoms with van der Waals surface area (Å²) < 4.78 is 6.74. The van der Waals surface area contributed by atoms with E-state index in [1.54, 1.807) is 0 Å². The molecule has 2 aromatic carbocycles.